The zero-order chi connectivity index (χ0) is 45.4. The third-order valence-electron chi connectivity index (χ3n) is 12.7. The number of hydrogen-bond acceptors (Lipinski definition) is 6. The van der Waals surface area contributed by atoms with E-state index in [0.717, 1.165) is 69.6 Å². The van der Waals surface area contributed by atoms with Crippen LogP contribution >= 0.6 is 0 Å². The molecule has 0 fully saturated rings. The molecule has 0 aromatic heterocycles. The number of esters is 3. The lowest BCUT2D eigenvalue weighted by Crippen LogP contribution is -2.30. The Labute approximate surface area is 387 Å². The van der Waals surface area contributed by atoms with Gasteiger partial charge >= 0.3 is 17.9 Å². The summed E-state index contributed by atoms with van der Waals surface area (Å²) in [6, 6.07) is 0. The van der Waals surface area contributed by atoms with E-state index in [4.69, 9.17) is 14.2 Å². The van der Waals surface area contributed by atoms with Gasteiger partial charge in [-0.3, -0.25) is 14.4 Å². The average molecular weight is 877 g/mol. The van der Waals surface area contributed by atoms with Gasteiger partial charge in [0, 0.05) is 19.3 Å². The summed E-state index contributed by atoms with van der Waals surface area (Å²) in [5.41, 5.74) is 0. The highest BCUT2D eigenvalue weighted by Gasteiger charge is 2.19. The fourth-order valence-electron chi connectivity index (χ4n) is 8.52. The Morgan fingerprint density at radius 2 is 0.532 bits per heavy atom. The largest absolute Gasteiger partial charge is 0.462 e. The molecule has 1 atom stereocenters. The van der Waals surface area contributed by atoms with E-state index >= 15 is 0 Å². The first-order valence-electron chi connectivity index (χ1n) is 27.7. The number of carbonyl (C=O) groups excluding carboxylic acids is 3. The lowest BCUT2D eigenvalue weighted by Gasteiger charge is -2.18. The SMILES string of the molecule is CCCCCCCCCCCCCCCCCC(=O)OC[C@H](COC(=O)CCCCCCCCCCCC(C)C)OC(=O)CCCCCCCCCCCCCCCCC(C)C. The molecule has 6 heteroatoms. The number of unbranched alkanes of at least 4 members (excludes halogenated alkanes) is 35. The zero-order valence-electron chi connectivity index (χ0n) is 42.5. The van der Waals surface area contributed by atoms with Gasteiger partial charge in [0.15, 0.2) is 6.10 Å². The van der Waals surface area contributed by atoms with Gasteiger partial charge in [0.1, 0.15) is 13.2 Å². The second-order valence-electron chi connectivity index (χ2n) is 20.2. The molecule has 0 aliphatic heterocycles. The molecule has 0 aliphatic rings. The Hall–Kier alpha value is -1.59. The molecule has 0 aliphatic carbocycles. The van der Waals surface area contributed by atoms with Gasteiger partial charge in [0.2, 0.25) is 0 Å². The van der Waals surface area contributed by atoms with Crippen molar-refractivity contribution in [1.82, 2.24) is 0 Å². The van der Waals surface area contributed by atoms with E-state index in [1.807, 2.05) is 0 Å². The molecule has 0 spiro atoms. The van der Waals surface area contributed by atoms with E-state index in [2.05, 4.69) is 34.6 Å². The summed E-state index contributed by atoms with van der Waals surface area (Å²) in [5.74, 6) is 0.809. The highest BCUT2D eigenvalue weighted by Crippen LogP contribution is 2.18. The molecule has 0 saturated carbocycles. The molecule has 0 unspecified atom stereocenters. The molecule has 0 saturated heterocycles. The molecule has 0 aromatic carbocycles. The van der Waals surface area contributed by atoms with Gasteiger partial charge in [-0.25, -0.2) is 0 Å². The predicted molar refractivity (Wildman–Crippen MR) is 266 cm³/mol. The molecule has 0 rings (SSSR count). The van der Waals surface area contributed by atoms with Gasteiger partial charge in [0.25, 0.3) is 0 Å². The van der Waals surface area contributed by atoms with Crippen LogP contribution in [0.4, 0.5) is 0 Å². The van der Waals surface area contributed by atoms with Gasteiger partial charge in [-0.15, -0.1) is 0 Å². The van der Waals surface area contributed by atoms with Crippen molar-refractivity contribution in [2.75, 3.05) is 13.2 Å². The first-order chi connectivity index (χ1) is 30.2. The molecule has 6 nitrogen and oxygen atoms in total. The molecule has 368 valence electrons. The van der Waals surface area contributed by atoms with Gasteiger partial charge in [-0.05, 0) is 31.1 Å². The minimum Gasteiger partial charge on any atom is -0.462 e. The Kier molecular flexibility index (Phi) is 47.6. The van der Waals surface area contributed by atoms with E-state index in [1.54, 1.807) is 0 Å². The summed E-state index contributed by atoms with van der Waals surface area (Å²) in [5, 5.41) is 0. The molecule has 0 bridgehead atoms. The van der Waals surface area contributed by atoms with Crippen molar-refractivity contribution in [3.8, 4) is 0 Å². The van der Waals surface area contributed by atoms with Gasteiger partial charge in [-0.1, -0.05) is 272 Å². The summed E-state index contributed by atoms with van der Waals surface area (Å²) >= 11 is 0. The van der Waals surface area contributed by atoms with Gasteiger partial charge < -0.3 is 14.2 Å². The molecular weight excluding hydrogens is 769 g/mol. The Morgan fingerprint density at radius 1 is 0.306 bits per heavy atom. The van der Waals surface area contributed by atoms with Crippen molar-refractivity contribution in [2.24, 2.45) is 11.8 Å². The third-order valence-corrected chi connectivity index (χ3v) is 12.7. The van der Waals surface area contributed by atoms with Crippen LogP contribution in [0.1, 0.15) is 311 Å². The van der Waals surface area contributed by atoms with Gasteiger partial charge in [0.05, 0.1) is 0 Å². The Bertz CT molecular complexity index is 947. The third kappa shape index (κ3) is 49.4. The monoisotopic (exact) mass is 877 g/mol. The first kappa shape index (κ1) is 60.4. The second kappa shape index (κ2) is 48.9. The van der Waals surface area contributed by atoms with Crippen LogP contribution in [0.25, 0.3) is 0 Å². The molecule has 0 amide bonds. The maximum absolute atomic E-state index is 12.8. The molecule has 0 N–H and O–H groups in total. The summed E-state index contributed by atoms with van der Waals surface area (Å²) < 4.78 is 16.9. The smallest absolute Gasteiger partial charge is 0.306 e. The summed E-state index contributed by atoms with van der Waals surface area (Å²) in [4.78, 5) is 38.0. The maximum Gasteiger partial charge on any atom is 0.306 e. The summed E-state index contributed by atoms with van der Waals surface area (Å²) in [7, 11) is 0. The van der Waals surface area contributed by atoms with Crippen LogP contribution in [0.2, 0.25) is 0 Å². The van der Waals surface area contributed by atoms with E-state index in [0.29, 0.717) is 19.3 Å². The first-order valence-corrected chi connectivity index (χ1v) is 27.7. The second-order valence-corrected chi connectivity index (χ2v) is 20.2. The number of ether oxygens (including phenoxy) is 3. The average Bonchev–Trinajstić information content (AvgIpc) is 3.24. The Morgan fingerprint density at radius 3 is 0.790 bits per heavy atom. The molecule has 0 heterocycles. The zero-order valence-corrected chi connectivity index (χ0v) is 42.5. The van der Waals surface area contributed by atoms with E-state index in [9.17, 15) is 14.4 Å². The van der Waals surface area contributed by atoms with Crippen molar-refractivity contribution >= 4 is 17.9 Å². The lowest BCUT2D eigenvalue weighted by molar-refractivity contribution is -0.167. The van der Waals surface area contributed by atoms with E-state index in [-0.39, 0.29) is 31.1 Å². The number of rotatable bonds is 50. The van der Waals surface area contributed by atoms with Crippen LogP contribution in [0, 0.1) is 11.8 Å². The Balaban J connectivity index is 4.30. The summed E-state index contributed by atoms with van der Waals surface area (Å²) in [6.45, 7) is 11.4. The van der Waals surface area contributed by atoms with Crippen LogP contribution in [0.5, 0.6) is 0 Å². The van der Waals surface area contributed by atoms with E-state index < -0.39 is 6.10 Å². The van der Waals surface area contributed by atoms with Crippen molar-refractivity contribution in [3.63, 3.8) is 0 Å². The number of carbonyl (C=O) groups is 3. The minimum atomic E-state index is -0.762. The highest BCUT2D eigenvalue weighted by atomic mass is 16.6. The lowest BCUT2D eigenvalue weighted by atomic mass is 10.0. The fraction of sp³-hybridized carbons (Fsp3) is 0.946. The van der Waals surface area contributed by atoms with Crippen LogP contribution < -0.4 is 0 Å². The molecule has 0 radical (unpaired) electrons. The fourth-order valence-corrected chi connectivity index (χ4v) is 8.52. The van der Waals surface area contributed by atoms with Crippen molar-refractivity contribution < 1.29 is 28.6 Å². The predicted octanol–water partition coefficient (Wildman–Crippen LogP) is 18.1. The van der Waals surface area contributed by atoms with Crippen molar-refractivity contribution in [3.05, 3.63) is 0 Å². The standard InChI is InChI=1S/C56H108O6/c1-6-7-8-9-10-11-12-13-14-18-21-26-31-36-41-46-54(57)60-49-53(50-61-55(58)47-42-37-32-28-23-25-30-35-40-45-52(4)5)62-56(59)48-43-38-33-27-22-19-16-15-17-20-24-29-34-39-44-51(2)3/h51-53H,6-50H2,1-5H3/t53-/m1/s1. The normalized spacial score (nSPS) is 12.0. The minimum absolute atomic E-state index is 0.0631. The maximum atomic E-state index is 12.8. The van der Waals surface area contributed by atoms with Crippen LogP contribution in [-0.4, -0.2) is 37.2 Å². The summed E-state index contributed by atoms with van der Waals surface area (Å²) in [6.07, 6.45) is 50.9. The molecular formula is C56H108O6. The van der Waals surface area contributed by atoms with Gasteiger partial charge in [-0.2, -0.15) is 0 Å². The topological polar surface area (TPSA) is 78.9 Å². The van der Waals surface area contributed by atoms with Crippen molar-refractivity contribution in [1.29, 1.82) is 0 Å². The quantitative estimate of drug-likeness (QED) is 0.0344. The van der Waals surface area contributed by atoms with E-state index in [1.165, 1.54) is 199 Å². The molecule has 0 aromatic rings. The van der Waals surface area contributed by atoms with Crippen LogP contribution in [0.15, 0.2) is 0 Å². The van der Waals surface area contributed by atoms with Crippen LogP contribution in [-0.2, 0) is 28.6 Å². The van der Waals surface area contributed by atoms with Crippen molar-refractivity contribution in [2.45, 2.75) is 317 Å². The highest BCUT2D eigenvalue weighted by molar-refractivity contribution is 5.71. The van der Waals surface area contributed by atoms with Crippen LogP contribution in [0.3, 0.4) is 0 Å². The molecule has 62 heavy (non-hydrogen) atoms. The number of hydrogen-bond donors (Lipinski definition) is 0.